The molecule has 1 aliphatic rings. The van der Waals surface area contributed by atoms with E-state index in [0.717, 1.165) is 5.57 Å². The van der Waals surface area contributed by atoms with Crippen LogP contribution in [0.25, 0.3) is 0 Å². The van der Waals surface area contributed by atoms with Crippen molar-refractivity contribution < 1.29 is 4.87 Å². The molecule has 4 heteroatoms. The van der Waals surface area contributed by atoms with Crippen molar-refractivity contribution >= 4 is 0 Å². The molecule has 1 heterocycles. The van der Waals surface area contributed by atoms with Crippen LogP contribution in [-0.4, -0.2) is 15.6 Å². The number of hydrogen-bond acceptors (Lipinski definition) is 2. The van der Waals surface area contributed by atoms with Crippen molar-refractivity contribution in [1.29, 1.82) is 0 Å². The van der Waals surface area contributed by atoms with Gasteiger partial charge in [0.1, 0.15) is 4.87 Å². The second kappa shape index (κ2) is 2.04. The summed E-state index contributed by atoms with van der Waals surface area (Å²) < 4.78 is 0. The highest BCUT2D eigenvalue weighted by atomic mass is 16.6. The van der Waals surface area contributed by atoms with Gasteiger partial charge in [0, 0.05) is 19.4 Å². The minimum Gasteiger partial charge on any atom is -0.700 e. The quantitative estimate of drug-likeness (QED) is 0.500. The third-order valence-electron chi connectivity index (χ3n) is 2.39. The summed E-state index contributed by atoms with van der Waals surface area (Å²) in [7, 11) is 0. The Labute approximate surface area is 65.6 Å². The van der Waals surface area contributed by atoms with E-state index >= 15 is 0 Å². The molecule has 0 spiro atoms. The van der Waals surface area contributed by atoms with Gasteiger partial charge in [-0.05, 0) is 13.8 Å². The topological polar surface area (TPSA) is 46.4 Å². The van der Waals surface area contributed by atoms with Gasteiger partial charge < -0.3 is 5.21 Å². The number of nitrogens with zero attached hydrogens (tertiary/aromatic N) is 2. The maximum absolute atomic E-state index is 11.1. The Morgan fingerprint density at radius 3 is 2.00 bits per heavy atom. The lowest BCUT2D eigenvalue weighted by atomic mass is 9.97. The van der Waals surface area contributed by atoms with Gasteiger partial charge in [0.2, 0.25) is 0 Å². The van der Waals surface area contributed by atoms with Crippen molar-refractivity contribution in [2.45, 2.75) is 33.2 Å². The van der Waals surface area contributed by atoms with Gasteiger partial charge in [0.05, 0.1) is 10.6 Å². The van der Waals surface area contributed by atoms with E-state index in [-0.39, 0.29) is 0 Å². The molecule has 0 aromatic carbocycles. The van der Waals surface area contributed by atoms with E-state index in [1.165, 1.54) is 0 Å². The predicted molar refractivity (Wildman–Crippen MR) is 41.3 cm³/mol. The summed E-state index contributed by atoms with van der Waals surface area (Å²) in [6, 6.07) is 0. The molecule has 0 aromatic heterocycles. The fourth-order valence-corrected chi connectivity index (χ4v) is 1.09. The van der Waals surface area contributed by atoms with E-state index in [1.54, 1.807) is 27.7 Å². The molecule has 0 aliphatic carbocycles. The Bertz CT molecular complexity index is 243. The molecular formula is C7H12N2O2. The average Bonchev–Trinajstić information content (AvgIpc) is 2.06. The lowest BCUT2D eigenvalue weighted by Crippen LogP contribution is -2.35. The first kappa shape index (κ1) is 8.20. The molecule has 1 rings (SSSR count). The molecule has 0 aromatic rings. The molecule has 0 N–H and O–H groups in total. The van der Waals surface area contributed by atoms with Gasteiger partial charge >= 0.3 is 0 Å². The van der Waals surface area contributed by atoms with Crippen LogP contribution in [0.3, 0.4) is 0 Å². The van der Waals surface area contributed by atoms with Crippen LogP contribution in [0.1, 0.15) is 27.7 Å². The van der Waals surface area contributed by atoms with Crippen LogP contribution >= 0.6 is 0 Å². The second-order valence-corrected chi connectivity index (χ2v) is 3.32. The third kappa shape index (κ3) is 0.860. The maximum atomic E-state index is 11.1. The number of hydrazine groups is 1. The molecule has 0 bridgehead atoms. The summed E-state index contributed by atoms with van der Waals surface area (Å²) >= 11 is 0. The van der Waals surface area contributed by atoms with Gasteiger partial charge in [-0.25, -0.2) is 0 Å². The highest BCUT2D eigenvalue weighted by molar-refractivity contribution is 5.20. The summed E-state index contributed by atoms with van der Waals surface area (Å²) in [6.45, 7) is 6.92. The van der Waals surface area contributed by atoms with Gasteiger partial charge in [-0.2, -0.15) is 5.17 Å². The monoisotopic (exact) mass is 156 g/mol. The number of rotatable bonds is 0. The standard InChI is InChI=1S/C7H12N2O2/c1-5-6(2)8(10)9(11)7(5,3)4/h1-4H3. The van der Waals surface area contributed by atoms with Crippen LogP contribution in [0, 0.1) is 10.1 Å². The first-order chi connectivity index (χ1) is 4.89. The fourth-order valence-electron chi connectivity index (χ4n) is 1.09. The van der Waals surface area contributed by atoms with Crippen LogP contribution < -0.4 is 0 Å². The summed E-state index contributed by atoms with van der Waals surface area (Å²) in [6.07, 6.45) is 0. The highest BCUT2D eigenvalue weighted by Crippen LogP contribution is 2.32. The SMILES string of the molecule is CC1=C(C)C(C)(C)[N+](=O)N1[O-]. The van der Waals surface area contributed by atoms with Crippen LogP contribution in [0.5, 0.6) is 0 Å². The molecule has 0 saturated carbocycles. The van der Waals surface area contributed by atoms with E-state index in [4.69, 9.17) is 0 Å². The average molecular weight is 156 g/mol. The van der Waals surface area contributed by atoms with Crippen LogP contribution in [-0.2, 0) is 0 Å². The maximum Gasteiger partial charge on any atom is 0.260 e. The number of allylic oxidation sites excluding steroid dienone is 1. The Balaban J connectivity index is 3.16. The second-order valence-electron chi connectivity index (χ2n) is 3.32. The summed E-state index contributed by atoms with van der Waals surface area (Å²) in [5.41, 5.74) is 0.666. The number of nitroso groups, excluding NO2 is 1. The van der Waals surface area contributed by atoms with Gasteiger partial charge in [-0.1, -0.05) is 0 Å². The molecule has 4 nitrogen and oxygen atoms in total. The largest absolute Gasteiger partial charge is 0.700 e. The molecule has 0 radical (unpaired) electrons. The summed E-state index contributed by atoms with van der Waals surface area (Å²) in [5.74, 6) is 0. The Kier molecular flexibility index (Phi) is 1.52. The van der Waals surface area contributed by atoms with E-state index < -0.39 is 5.54 Å². The molecular weight excluding hydrogens is 144 g/mol. The van der Waals surface area contributed by atoms with Crippen molar-refractivity contribution in [3.8, 4) is 0 Å². The number of hydrogen-bond donors (Lipinski definition) is 0. The molecule has 0 fully saturated rings. The molecule has 0 unspecified atom stereocenters. The van der Waals surface area contributed by atoms with Crippen molar-refractivity contribution in [1.82, 2.24) is 5.17 Å². The lowest BCUT2D eigenvalue weighted by Gasteiger charge is -2.16. The van der Waals surface area contributed by atoms with Crippen molar-refractivity contribution in [2.75, 3.05) is 0 Å². The normalized spacial score (nSPS) is 23.4. The lowest BCUT2D eigenvalue weighted by molar-refractivity contribution is -0.720. The minimum absolute atomic E-state index is 0.398. The fraction of sp³-hybridized carbons (Fsp3) is 0.714. The summed E-state index contributed by atoms with van der Waals surface area (Å²) in [4.78, 5) is 11.6. The van der Waals surface area contributed by atoms with Gasteiger partial charge in [0.25, 0.3) is 5.54 Å². The van der Waals surface area contributed by atoms with Gasteiger partial charge in [-0.15, -0.1) is 0 Å². The van der Waals surface area contributed by atoms with Gasteiger partial charge in [0.15, 0.2) is 0 Å². The Morgan fingerprint density at radius 2 is 1.91 bits per heavy atom. The molecule has 11 heavy (non-hydrogen) atoms. The smallest absolute Gasteiger partial charge is 0.260 e. The molecule has 1 aliphatic heterocycles. The van der Waals surface area contributed by atoms with Crippen LogP contribution in [0.2, 0.25) is 0 Å². The molecule has 0 amide bonds. The van der Waals surface area contributed by atoms with Crippen molar-refractivity contribution in [3.05, 3.63) is 21.4 Å². The van der Waals surface area contributed by atoms with Crippen molar-refractivity contribution in [3.63, 3.8) is 0 Å². The Hall–Kier alpha value is -0.900. The third-order valence-corrected chi connectivity index (χ3v) is 2.39. The van der Waals surface area contributed by atoms with E-state index in [2.05, 4.69) is 0 Å². The van der Waals surface area contributed by atoms with Gasteiger partial charge in [-0.3, -0.25) is 0 Å². The van der Waals surface area contributed by atoms with E-state index in [9.17, 15) is 10.1 Å². The highest BCUT2D eigenvalue weighted by Gasteiger charge is 2.47. The predicted octanol–water partition coefficient (Wildman–Crippen LogP) is 1.57. The molecule has 0 atom stereocenters. The van der Waals surface area contributed by atoms with E-state index in [1.807, 2.05) is 0 Å². The van der Waals surface area contributed by atoms with E-state index in [0.29, 0.717) is 15.7 Å². The Morgan fingerprint density at radius 1 is 1.45 bits per heavy atom. The first-order valence-corrected chi connectivity index (χ1v) is 3.51. The minimum atomic E-state index is -0.675. The zero-order chi connectivity index (χ0) is 8.81. The summed E-state index contributed by atoms with van der Waals surface area (Å²) in [5, 5.41) is 11.4. The van der Waals surface area contributed by atoms with Crippen LogP contribution in [0.4, 0.5) is 0 Å². The van der Waals surface area contributed by atoms with Crippen LogP contribution in [0.15, 0.2) is 11.3 Å². The number of hydroxylamine groups is 1. The molecule has 62 valence electrons. The van der Waals surface area contributed by atoms with Crippen molar-refractivity contribution in [2.24, 2.45) is 0 Å². The molecule has 0 saturated heterocycles. The first-order valence-electron chi connectivity index (χ1n) is 3.51. The zero-order valence-corrected chi connectivity index (χ0v) is 7.21. The zero-order valence-electron chi connectivity index (χ0n) is 7.21.